The summed E-state index contributed by atoms with van der Waals surface area (Å²) in [6, 6.07) is 18.3. The molecule has 27 heavy (non-hydrogen) atoms. The minimum atomic E-state index is -0.429. The molecular weight excluding hydrogens is 381 g/mol. The third-order valence-electron chi connectivity index (χ3n) is 4.39. The summed E-state index contributed by atoms with van der Waals surface area (Å²) < 4.78 is 0. The van der Waals surface area contributed by atoms with E-state index in [1.807, 2.05) is 60.8 Å². The first-order chi connectivity index (χ1) is 13.1. The zero-order valence-electron chi connectivity index (χ0n) is 14.2. The number of H-pyrrole nitrogens is 1. The van der Waals surface area contributed by atoms with Gasteiger partial charge in [0.05, 0.1) is 16.2 Å². The van der Waals surface area contributed by atoms with Crippen LogP contribution in [0, 0.1) is 0 Å². The molecule has 2 aromatic carbocycles. The second-order valence-corrected chi connectivity index (χ2v) is 6.86. The molecule has 4 aromatic rings. The number of phenolic OH excluding ortho intramolecular Hbond substituents is 1. The number of fused-ring (bicyclic) bond motifs is 1. The predicted octanol–water partition coefficient (Wildman–Crippen LogP) is 5.26. The van der Waals surface area contributed by atoms with E-state index in [9.17, 15) is 5.11 Å². The number of pyridine rings is 2. The largest absolute Gasteiger partial charge is 0.505 e. The Balaban J connectivity index is 1.90. The number of hydrogen-bond donors (Lipinski definition) is 2. The summed E-state index contributed by atoms with van der Waals surface area (Å²) in [6.07, 6.45) is 3.48. The second-order valence-electron chi connectivity index (χ2n) is 6.08. The van der Waals surface area contributed by atoms with Crippen LogP contribution in [0.5, 0.6) is 5.75 Å². The lowest BCUT2D eigenvalue weighted by molar-refractivity contribution is -0.361. The lowest BCUT2D eigenvalue weighted by Crippen LogP contribution is -2.19. The topological polar surface area (TPSA) is 59.3 Å². The molecule has 4 rings (SSSR count). The van der Waals surface area contributed by atoms with Crippen LogP contribution in [0.2, 0.25) is 10.0 Å². The lowest BCUT2D eigenvalue weighted by Gasteiger charge is -2.19. The van der Waals surface area contributed by atoms with Gasteiger partial charge in [-0.25, -0.2) is 4.98 Å². The van der Waals surface area contributed by atoms with Crippen LogP contribution in [0.4, 0.5) is 5.82 Å². The van der Waals surface area contributed by atoms with Gasteiger partial charge in [-0.1, -0.05) is 53.5 Å². The van der Waals surface area contributed by atoms with Gasteiger partial charge in [-0.3, -0.25) is 10.3 Å². The number of phenols is 1. The van der Waals surface area contributed by atoms with E-state index in [0.717, 1.165) is 16.8 Å². The minimum absolute atomic E-state index is 0.109. The highest BCUT2D eigenvalue weighted by atomic mass is 35.5. The Bertz CT molecular complexity index is 1100. The molecule has 0 radical (unpaired) electrons. The molecule has 0 aliphatic heterocycles. The molecule has 2 heterocycles. The van der Waals surface area contributed by atoms with Crippen LogP contribution in [0.15, 0.2) is 73.1 Å². The Morgan fingerprint density at radius 3 is 2.63 bits per heavy atom. The van der Waals surface area contributed by atoms with Gasteiger partial charge in [-0.15, -0.1) is 0 Å². The van der Waals surface area contributed by atoms with Crippen molar-refractivity contribution >= 4 is 39.9 Å². The molecule has 3 N–H and O–H groups in total. The molecule has 134 valence electrons. The molecule has 6 heteroatoms. The minimum Gasteiger partial charge on any atom is -0.505 e. The maximum atomic E-state index is 10.9. The predicted molar refractivity (Wildman–Crippen MR) is 108 cm³/mol. The smallest absolute Gasteiger partial charge is 0.272 e. The van der Waals surface area contributed by atoms with E-state index in [4.69, 9.17) is 23.2 Å². The average Bonchev–Trinajstić information content (AvgIpc) is 2.70. The number of anilines is 1. The van der Waals surface area contributed by atoms with Crippen LogP contribution in [0.3, 0.4) is 0 Å². The van der Waals surface area contributed by atoms with E-state index < -0.39 is 6.04 Å². The van der Waals surface area contributed by atoms with E-state index in [0.29, 0.717) is 21.1 Å². The van der Waals surface area contributed by atoms with E-state index in [-0.39, 0.29) is 5.75 Å². The van der Waals surface area contributed by atoms with Gasteiger partial charge in [0.2, 0.25) is 0 Å². The van der Waals surface area contributed by atoms with Crippen molar-refractivity contribution in [1.82, 2.24) is 4.98 Å². The van der Waals surface area contributed by atoms with Crippen molar-refractivity contribution in [2.24, 2.45) is 0 Å². The number of halogens is 2. The normalized spacial score (nSPS) is 12.1. The first-order valence-corrected chi connectivity index (χ1v) is 9.14. The molecule has 0 amide bonds. The average molecular weight is 397 g/mol. The van der Waals surface area contributed by atoms with Crippen molar-refractivity contribution in [2.45, 2.75) is 6.04 Å². The summed E-state index contributed by atoms with van der Waals surface area (Å²) in [5, 5.41) is 16.1. The van der Waals surface area contributed by atoms with Gasteiger partial charge in [0.1, 0.15) is 17.3 Å². The molecule has 2 aromatic heterocycles. The number of hydrogen-bond acceptors (Lipinski definition) is 3. The van der Waals surface area contributed by atoms with Gasteiger partial charge in [0.25, 0.3) is 5.82 Å². The summed E-state index contributed by atoms with van der Waals surface area (Å²) in [5.74, 6) is 0.886. The highest BCUT2D eigenvalue weighted by Gasteiger charge is 2.26. The molecule has 0 spiro atoms. The molecule has 4 nitrogen and oxygen atoms in total. The number of aromatic hydroxyl groups is 1. The number of nitrogens with one attached hydrogen (secondary N) is 2. The van der Waals surface area contributed by atoms with Crippen molar-refractivity contribution in [3.8, 4) is 5.75 Å². The molecule has 0 aliphatic rings. The maximum absolute atomic E-state index is 10.9. The van der Waals surface area contributed by atoms with E-state index >= 15 is 0 Å². The Morgan fingerprint density at radius 2 is 1.81 bits per heavy atom. The zero-order valence-corrected chi connectivity index (χ0v) is 15.7. The molecule has 0 bridgehead atoms. The van der Waals surface area contributed by atoms with E-state index in [1.54, 1.807) is 12.3 Å². The number of benzene rings is 2. The number of aromatic amines is 1. The third kappa shape index (κ3) is 3.42. The maximum Gasteiger partial charge on any atom is 0.272 e. The van der Waals surface area contributed by atoms with Crippen LogP contribution in [-0.2, 0) is 0 Å². The van der Waals surface area contributed by atoms with Crippen LogP contribution in [0.25, 0.3) is 10.9 Å². The van der Waals surface area contributed by atoms with Crippen LogP contribution < -0.4 is 10.3 Å². The van der Waals surface area contributed by atoms with Crippen molar-refractivity contribution in [3.63, 3.8) is 0 Å². The fourth-order valence-corrected chi connectivity index (χ4v) is 3.50. The molecule has 0 fully saturated rings. The lowest BCUT2D eigenvalue weighted by atomic mass is 9.96. The van der Waals surface area contributed by atoms with Crippen molar-refractivity contribution in [2.75, 3.05) is 5.32 Å². The van der Waals surface area contributed by atoms with Crippen molar-refractivity contribution in [3.05, 3.63) is 94.2 Å². The first-order valence-electron chi connectivity index (χ1n) is 8.39. The third-order valence-corrected chi connectivity index (χ3v) is 5.23. The molecule has 0 saturated heterocycles. The van der Waals surface area contributed by atoms with Crippen molar-refractivity contribution in [1.29, 1.82) is 0 Å². The zero-order chi connectivity index (χ0) is 18.8. The fourth-order valence-electron chi connectivity index (χ4n) is 3.08. The quantitative estimate of drug-likeness (QED) is 0.494. The number of rotatable bonds is 4. The van der Waals surface area contributed by atoms with Crippen LogP contribution in [0.1, 0.15) is 17.2 Å². The number of nitrogens with zero attached hydrogens (tertiary/aromatic N) is 1. The molecule has 0 unspecified atom stereocenters. The fraction of sp³-hybridized carbons (Fsp3) is 0.0476. The van der Waals surface area contributed by atoms with Gasteiger partial charge in [-0.05, 0) is 24.3 Å². The highest BCUT2D eigenvalue weighted by molar-refractivity contribution is 6.42. The van der Waals surface area contributed by atoms with Gasteiger partial charge in [0, 0.05) is 28.8 Å². The Morgan fingerprint density at radius 1 is 0.926 bits per heavy atom. The summed E-state index contributed by atoms with van der Waals surface area (Å²) in [7, 11) is 0. The van der Waals surface area contributed by atoms with Gasteiger partial charge < -0.3 is 5.11 Å². The SMILES string of the molecule is Oc1c([C@H](Nc2cccc[nH+]2)c2cccc(Cl)c2Cl)ccc2cccnc12. The molecule has 0 aliphatic carbocycles. The summed E-state index contributed by atoms with van der Waals surface area (Å²) in [4.78, 5) is 7.46. The number of aromatic nitrogens is 2. The summed E-state index contributed by atoms with van der Waals surface area (Å²) in [6.45, 7) is 0. The summed E-state index contributed by atoms with van der Waals surface area (Å²) >= 11 is 12.7. The molecule has 0 saturated carbocycles. The van der Waals surface area contributed by atoms with Crippen LogP contribution >= 0.6 is 23.2 Å². The Labute approximate surface area is 166 Å². The van der Waals surface area contributed by atoms with Crippen molar-refractivity contribution < 1.29 is 10.1 Å². The van der Waals surface area contributed by atoms with E-state index in [2.05, 4.69) is 15.3 Å². The Hall–Kier alpha value is -2.82. The van der Waals surface area contributed by atoms with Gasteiger partial charge >= 0.3 is 0 Å². The van der Waals surface area contributed by atoms with Gasteiger partial charge in [-0.2, -0.15) is 0 Å². The van der Waals surface area contributed by atoms with Gasteiger partial charge in [0.15, 0.2) is 0 Å². The molecular formula is C21H16Cl2N3O+. The first kappa shape index (κ1) is 17.6. The highest BCUT2D eigenvalue weighted by Crippen LogP contribution is 2.39. The van der Waals surface area contributed by atoms with E-state index in [1.165, 1.54) is 0 Å². The second kappa shape index (κ2) is 7.43. The Kier molecular flexibility index (Phi) is 4.84. The monoisotopic (exact) mass is 396 g/mol. The summed E-state index contributed by atoms with van der Waals surface area (Å²) in [5.41, 5.74) is 1.95. The van der Waals surface area contributed by atoms with Crippen LogP contribution in [-0.4, -0.2) is 10.1 Å². The molecule has 1 atom stereocenters. The standard InChI is InChI=1S/C21H15Cl2N3O/c22-16-7-3-6-14(18(16)23)20(26-17-8-1-2-11-24-17)15-10-9-13-5-4-12-25-19(13)21(15)27/h1-12,20,27H,(H,24,26)/p+1/t20-/m1/s1.